The van der Waals surface area contributed by atoms with Gasteiger partial charge < -0.3 is 10.6 Å². The number of aromatic nitrogens is 1. The van der Waals surface area contributed by atoms with Crippen LogP contribution in [0, 0.1) is 0 Å². The minimum Gasteiger partial charge on any atom is -0.389 e. The smallest absolute Gasteiger partial charge is 0.138 e. The van der Waals surface area contributed by atoms with Crippen LogP contribution in [0.2, 0.25) is 0 Å². The molecular formula is C12H17N3S. The molecule has 0 radical (unpaired) electrons. The normalized spacial score (nSPS) is 13.6. The lowest BCUT2D eigenvalue weighted by Crippen LogP contribution is -2.23. The number of hydrogen-bond donors (Lipinski definition) is 1. The van der Waals surface area contributed by atoms with E-state index in [1.54, 1.807) is 0 Å². The summed E-state index contributed by atoms with van der Waals surface area (Å²) < 4.78 is 0. The van der Waals surface area contributed by atoms with Crippen LogP contribution in [-0.2, 0) is 12.8 Å². The third-order valence-electron chi connectivity index (χ3n) is 3.13. The first-order valence-electron chi connectivity index (χ1n) is 5.67. The second-order valence-corrected chi connectivity index (χ2v) is 4.64. The van der Waals surface area contributed by atoms with Crippen molar-refractivity contribution < 1.29 is 0 Å². The lowest BCUT2D eigenvalue weighted by atomic mass is 10.1. The summed E-state index contributed by atoms with van der Waals surface area (Å²) in [6.45, 7) is 3.00. The average molecular weight is 235 g/mol. The zero-order valence-electron chi connectivity index (χ0n) is 9.79. The van der Waals surface area contributed by atoms with E-state index in [4.69, 9.17) is 22.9 Å². The Kier molecular flexibility index (Phi) is 3.10. The van der Waals surface area contributed by atoms with Crippen molar-refractivity contribution >= 4 is 23.0 Å². The number of hydrogen-bond acceptors (Lipinski definition) is 3. The Balaban J connectivity index is 2.53. The number of fused-ring (bicyclic) bond motifs is 1. The molecule has 2 N–H and O–H groups in total. The maximum atomic E-state index is 5.77. The molecule has 1 heterocycles. The first kappa shape index (κ1) is 11.3. The summed E-state index contributed by atoms with van der Waals surface area (Å²) in [6.07, 6.45) is 3.38. The predicted octanol–water partition coefficient (Wildman–Crippen LogP) is 1.66. The van der Waals surface area contributed by atoms with Crippen molar-refractivity contribution in [3.63, 3.8) is 0 Å². The van der Waals surface area contributed by atoms with Gasteiger partial charge in [-0.25, -0.2) is 4.98 Å². The highest BCUT2D eigenvalue weighted by Gasteiger charge is 2.18. The number of anilines is 1. The largest absolute Gasteiger partial charge is 0.389 e. The lowest BCUT2D eigenvalue weighted by Gasteiger charge is -2.20. The van der Waals surface area contributed by atoms with Crippen LogP contribution in [0.15, 0.2) is 6.07 Å². The Bertz CT molecular complexity index is 429. The molecule has 1 aliphatic rings. The summed E-state index contributed by atoms with van der Waals surface area (Å²) >= 11 is 5.10. The molecule has 1 aromatic heterocycles. The molecule has 86 valence electrons. The van der Waals surface area contributed by atoms with Crippen molar-refractivity contribution in [2.24, 2.45) is 5.73 Å². The van der Waals surface area contributed by atoms with E-state index in [-0.39, 0.29) is 0 Å². The number of thiocarbonyl (C=S) groups is 1. The highest BCUT2D eigenvalue weighted by atomic mass is 32.1. The molecule has 0 saturated carbocycles. The van der Waals surface area contributed by atoms with Gasteiger partial charge in [0.25, 0.3) is 0 Å². The Morgan fingerprint density at radius 1 is 1.56 bits per heavy atom. The SMILES string of the molecule is CCN(C)c1nc2c(cc1C(N)=S)CCC2. The minimum absolute atomic E-state index is 0.442. The summed E-state index contributed by atoms with van der Waals surface area (Å²) in [7, 11) is 2.02. The van der Waals surface area contributed by atoms with Crippen molar-refractivity contribution in [2.45, 2.75) is 26.2 Å². The minimum atomic E-state index is 0.442. The van der Waals surface area contributed by atoms with Gasteiger partial charge in [-0.05, 0) is 37.8 Å². The van der Waals surface area contributed by atoms with Gasteiger partial charge in [0.15, 0.2) is 0 Å². The Hall–Kier alpha value is -1.16. The van der Waals surface area contributed by atoms with Crippen LogP contribution in [0.25, 0.3) is 0 Å². The Morgan fingerprint density at radius 2 is 2.31 bits per heavy atom. The lowest BCUT2D eigenvalue weighted by molar-refractivity contribution is 0.888. The molecule has 0 fully saturated rings. The zero-order chi connectivity index (χ0) is 11.7. The van der Waals surface area contributed by atoms with Crippen molar-refractivity contribution in [2.75, 3.05) is 18.5 Å². The van der Waals surface area contributed by atoms with Crippen LogP contribution in [0.5, 0.6) is 0 Å². The molecule has 0 atom stereocenters. The first-order chi connectivity index (χ1) is 7.63. The molecule has 0 unspecified atom stereocenters. The summed E-state index contributed by atoms with van der Waals surface area (Å²) in [4.78, 5) is 7.24. The second-order valence-electron chi connectivity index (χ2n) is 4.20. The zero-order valence-corrected chi connectivity index (χ0v) is 10.6. The van der Waals surface area contributed by atoms with Gasteiger partial charge in [-0.15, -0.1) is 0 Å². The highest BCUT2D eigenvalue weighted by Crippen LogP contribution is 2.26. The van der Waals surface area contributed by atoms with E-state index in [9.17, 15) is 0 Å². The molecule has 2 rings (SSSR count). The third-order valence-corrected chi connectivity index (χ3v) is 3.35. The molecule has 16 heavy (non-hydrogen) atoms. The Labute approximate surface area is 102 Å². The van der Waals surface area contributed by atoms with Crippen LogP contribution < -0.4 is 10.6 Å². The average Bonchev–Trinajstić information content (AvgIpc) is 2.73. The molecule has 3 nitrogen and oxygen atoms in total. The van der Waals surface area contributed by atoms with Gasteiger partial charge in [0, 0.05) is 19.3 Å². The summed E-state index contributed by atoms with van der Waals surface area (Å²) in [5.74, 6) is 0.927. The number of pyridine rings is 1. The van der Waals surface area contributed by atoms with E-state index in [0.29, 0.717) is 4.99 Å². The molecule has 0 aromatic carbocycles. The maximum Gasteiger partial charge on any atom is 0.138 e. The number of aryl methyl sites for hydroxylation is 2. The van der Waals surface area contributed by atoms with Crippen LogP contribution in [0.4, 0.5) is 5.82 Å². The van der Waals surface area contributed by atoms with Gasteiger partial charge in [-0.1, -0.05) is 12.2 Å². The summed E-state index contributed by atoms with van der Waals surface area (Å²) in [5.41, 5.74) is 9.22. The van der Waals surface area contributed by atoms with Gasteiger partial charge in [0.1, 0.15) is 10.8 Å². The van der Waals surface area contributed by atoms with Gasteiger partial charge in [0.2, 0.25) is 0 Å². The molecular weight excluding hydrogens is 218 g/mol. The monoisotopic (exact) mass is 235 g/mol. The fourth-order valence-electron chi connectivity index (χ4n) is 2.08. The molecule has 0 aliphatic heterocycles. The third kappa shape index (κ3) is 1.89. The first-order valence-corrected chi connectivity index (χ1v) is 6.08. The van der Waals surface area contributed by atoms with E-state index in [0.717, 1.165) is 30.8 Å². The number of nitrogens with two attached hydrogens (primary N) is 1. The molecule has 1 aromatic rings. The molecule has 0 spiro atoms. The van der Waals surface area contributed by atoms with E-state index in [2.05, 4.69) is 17.9 Å². The van der Waals surface area contributed by atoms with Crippen molar-refractivity contribution in [1.82, 2.24) is 4.98 Å². The van der Waals surface area contributed by atoms with Crippen molar-refractivity contribution in [3.05, 3.63) is 22.9 Å². The molecule has 4 heteroatoms. The van der Waals surface area contributed by atoms with Crippen LogP contribution in [-0.4, -0.2) is 23.6 Å². The molecule has 1 aliphatic carbocycles. The van der Waals surface area contributed by atoms with Crippen LogP contribution in [0.1, 0.15) is 30.2 Å². The van der Waals surface area contributed by atoms with E-state index in [1.807, 2.05) is 7.05 Å². The number of rotatable bonds is 3. The van der Waals surface area contributed by atoms with Gasteiger partial charge >= 0.3 is 0 Å². The van der Waals surface area contributed by atoms with Crippen molar-refractivity contribution in [3.8, 4) is 0 Å². The van der Waals surface area contributed by atoms with E-state index in [1.165, 1.54) is 17.7 Å². The van der Waals surface area contributed by atoms with E-state index < -0.39 is 0 Å². The molecule has 0 saturated heterocycles. The fourth-order valence-corrected chi connectivity index (χ4v) is 2.23. The molecule has 0 amide bonds. The topological polar surface area (TPSA) is 42.2 Å². The highest BCUT2D eigenvalue weighted by molar-refractivity contribution is 7.80. The second kappa shape index (κ2) is 4.37. The van der Waals surface area contributed by atoms with E-state index >= 15 is 0 Å². The maximum absolute atomic E-state index is 5.77. The standard InChI is InChI=1S/C12H17N3S/c1-3-15(2)12-9(11(13)16)7-8-5-4-6-10(8)14-12/h7H,3-6H2,1-2H3,(H2,13,16). The fraction of sp³-hybridized carbons (Fsp3) is 0.500. The number of nitrogens with zero attached hydrogens (tertiary/aromatic N) is 2. The summed E-state index contributed by atoms with van der Waals surface area (Å²) in [5, 5.41) is 0. The van der Waals surface area contributed by atoms with Gasteiger partial charge in [-0.3, -0.25) is 0 Å². The van der Waals surface area contributed by atoms with Gasteiger partial charge in [0.05, 0.1) is 5.56 Å². The van der Waals surface area contributed by atoms with Crippen LogP contribution in [0.3, 0.4) is 0 Å². The quantitative estimate of drug-likeness (QED) is 0.809. The summed E-state index contributed by atoms with van der Waals surface area (Å²) in [6, 6.07) is 2.12. The van der Waals surface area contributed by atoms with Crippen molar-refractivity contribution in [1.29, 1.82) is 0 Å². The Morgan fingerprint density at radius 3 is 2.94 bits per heavy atom. The predicted molar refractivity (Wildman–Crippen MR) is 71.1 cm³/mol. The molecule has 0 bridgehead atoms. The van der Waals surface area contributed by atoms with Gasteiger partial charge in [-0.2, -0.15) is 0 Å². The van der Waals surface area contributed by atoms with Crippen LogP contribution >= 0.6 is 12.2 Å².